The lowest BCUT2D eigenvalue weighted by Crippen LogP contribution is -2.38. The lowest BCUT2D eigenvalue weighted by Gasteiger charge is -2.22. The van der Waals surface area contributed by atoms with Crippen LogP contribution in [0.4, 0.5) is 20.2 Å². The molecule has 0 fully saturated rings. The molecule has 0 spiro atoms. The molecule has 19 heavy (non-hydrogen) atoms. The van der Waals surface area contributed by atoms with Crippen molar-refractivity contribution in [3.05, 3.63) is 23.8 Å². The first-order valence-corrected chi connectivity index (χ1v) is 5.99. The largest absolute Gasteiger partial charge is 0.399 e. The van der Waals surface area contributed by atoms with Crippen LogP contribution in [0.3, 0.4) is 0 Å². The fourth-order valence-corrected chi connectivity index (χ4v) is 1.76. The highest BCUT2D eigenvalue weighted by atomic mass is 19.3. The van der Waals surface area contributed by atoms with E-state index >= 15 is 0 Å². The lowest BCUT2D eigenvalue weighted by molar-refractivity contribution is -0.120. The van der Waals surface area contributed by atoms with Crippen LogP contribution in [0.2, 0.25) is 0 Å². The Balaban J connectivity index is 2.87. The minimum absolute atomic E-state index is 0.0156. The van der Waals surface area contributed by atoms with E-state index < -0.39 is 6.43 Å². The molecular formula is C13H19F2N3O. The summed E-state index contributed by atoms with van der Waals surface area (Å²) in [4.78, 5) is 13.1. The Morgan fingerprint density at radius 3 is 2.58 bits per heavy atom. The second-order valence-corrected chi connectivity index (χ2v) is 4.70. The van der Waals surface area contributed by atoms with Crippen LogP contribution in [0.15, 0.2) is 18.2 Å². The Bertz CT molecular complexity index is 450. The molecule has 0 saturated carbocycles. The van der Waals surface area contributed by atoms with E-state index in [0.717, 1.165) is 0 Å². The topological polar surface area (TPSA) is 58.4 Å². The van der Waals surface area contributed by atoms with Gasteiger partial charge in [-0.15, -0.1) is 0 Å². The highest BCUT2D eigenvalue weighted by Gasteiger charge is 2.17. The van der Waals surface area contributed by atoms with Crippen LogP contribution in [-0.2, 0) is 4.79 Å². The van der Waals surface area contributed by atoms with Crippen LogP contribution in [0.25, 0.3) is 0 Å². The fourth-order valence-electron chi connectivity index (χ4n) is 1.76. The van der Waals surface area contributed by atoms with Gasteiger partial charge in [0.25, 0.3) is 6.43 Å². The van der Waals surface area contributed by atoms with Crippen molar-refractivity contribution in [2.45, 2.75) is 26.3 Å². The number of benzene rings is 1. The zero-order valence-corrected chi connectivity index (χ0v) is 11.3. The van der Waals surface area contributed by atoms with Gasteiger partial charge in [0.15, 0.2) is 0 Å². The van der Waals surface area contributed by atoms with Crippen molar-refractivity contribution in [2.75, 3.05) is 24.2 Å². The number of hydrogen-bond donors (Lipinski definition) is 2. The van der Waals surface area contributed by atoms with Gasteiger partial charge in [0.05, 0.1) is 6.54 Å². The molecule has 1 aromatic rings. The van der Waals surface area contributed by atoms with Crippen LogP contribution >= 0.6 is 0 Å². The highest BCUT2D eigenvalue weighted by molar-refractivity contribution is 5.82. The molecule has 0 aliphatic rings. The predicted octanol–water partition coefficient (Wildman–Crippen LogP) is 2.17. The Hall–Kier alpha value is -1.85. The maximum atomic E-state index is 12.9. The van der Waals surface area contributed by atoms with Crippen LogP contribution in [0.1, 0.15) is 25.8 Å². The molecule has 3 N–H and O–H groups in total. The highest BCUT2D eigenvalue weighted by Crippen LogP contribution is 2.30. The van der Waals surface area contributed by atoms with Gasteiger partial charge in [-0.3, -0.25) is 4.79 Å². The van der Waals surface area contributed by atoms with Crippen molar-refractivity contribution in [1.82, 2.24) is 5.32 Å². The van der Waals surface area contributed by atoms with Gasteiger partial charge in [-0.2, -0.15) is 0 Å². The van der Waals surface area contributed by atoms with E-state index in [0.29, 0.717) is 5.69 Å². The second-order valence-electron chi connectivity index (χ2n) is 4.70. The van der Waals surface area contributed by atoms with Gasteiger partial charge in [-0.1, -0.05) is 0 Å². The monoisotopic (exact) mass is 271 g/mol. The minimum Gasteiger partial charge on any atom is -0.399 e. The number of rotatable bonds is 5. The maximum Gasteiger partial charge on any atom is 0.265 e. The number of anilines is 2. The van der Waals surface area contributed by atoms with Crippen LogP contribution in [-0.4, -0.2) is 25.5 Å². The third-order valence-corrected chi connectivity index (χ3v) is 2.53. The zero-order valence-electron chi connectivity index (χ0n) is 11.3. The number of alkyl halides is 2. The van der Waals surface area contributed by atoms with Crippen LogP contribution in [0.5, 0.6) is 0 Å². The van der Waals surface area contributed by atoms with Crippen molar-refractivity contribution >= 4 is 17.3 Å². The summed E-state index contributed by atoms with van der Waals surface area (Å²) in [5.74, 6) is -0.213. The van der Waals surface area contributed by atoms with Crippen LogP contribution in [0, 0.1) is 0 Å². The van der Waals surface area contributed by atoms with Gasteiger partial charge in [0, 0.05) is 30.0 Å². The molecule has 0 bridgehead atoms. The smallest absolute Gasteiger partial charge is 0.265 e. The summed E-state index contributed by atoms with van der Waals surface area (Å²) in [5, 5.41) is 2.71. The number of carbonyl (C=O) groups excluding carboxylic acids is 1. The number of nitrogens with one attached hydrogen (secondary N) is 1. The molecule has 0 heterocycles. The average molecular weight is 271 g/mol. The van der Waals surface area contributed by atoms with Crippen molar-refractivity contribution in [3.63, 3.8) is 0 Å². The third-order valence-electron chi connectivity index (χ3n) is 2.53. The summed E-state index contributed by atoms with van der Waals surface area (Å²) < 4.78 is 25.9. The quantitative estimate of drug-likeness (QED) is 0.807. The van der Waals surface area contributed by atoms with E-state index in [4.69, 9.17) is 5.73 Å². The first kappa shape index (κ1) is 15.2. The molecule has 4 nitrogen and oxygen atoms in total. The van der Waals surface area contributed by atoms with E-state index in [2.05, 4.69) is 5.32 Å². The predicted molar refractivity (Wildman–Crippen MR) is 72.4 cm³/mol. The summed E-state index contributed by atoms with van der Waals surface area (Å²) in [7, 11) is 1.59. The molecule has 0 atom stereocenters. The number of halogens is 2. The molecule has 1 amide bonds. The number of carbonyl (C=O) groups is 1. The number of hydrogen-bond acceptors (Lipinski definition) is 3. The standard InChI is InChI=1S/C13H19F2N3O/c1-8(2)17-12(19)7-18(3)11-5-4-9(16)6-10(11)13(14)15/h4-6,8,13H,7,16H2,1-3H3,(H,17,19). The second kappa shape index (κ2) is 6.36. The van der Waals surface area contributed by atoms with Gasteiger partial charge >= 0.3 is 0 Å². The van der Waals surface area contributed by atoms with Crippen molar-refractivity contribution < 1.29 is 13.6 Å². The molecule has 0 radical (unpaired) electrons. The normalized spacial score (nSPS) is 10.9. The average Bonchev–Trinajstić information content (AvgIpc) is 2.27. The SMILES string of the molecule is CC(C)NC(=O)CN(C)c1ccc(N)cc1C(F)F. The van der Waals surface area contributed by atoms with E-state index in [1.54, 1.807) is 7.05 Å². The fraction of sp³-hybridized carbons (Fsp3) is 0.462. The van der Waals surface area contributed by atoms with Crippen molar-refractivity contribution in [2.24, 2.45) is 0 Å². The van der Waals surface area contributed by atoms with E-state index in [1.807, 2.05) is 13.8 Å². The van der Waals surface area contributed by atoms with Gasteiger partial charge in [0.1, 0.15) is 0 Å². The zero-order chi connectivity index (χ0) is 14.6. The van der Waals surface area contributed by atoms with Gasteiger partial charge < -0.3 is 16.0 Å². The number of likely N-dealkylation sites (N-methyl/N-ethyl adjacent to an activating group) is 1. The van der Waals surface area contributed by atoms with E-state index in [1.165, 1.54) is 23.1 Å². The number of amides is 1. The number of nitrogen functional groups attached to an aromatic ring is 1. The molecule has 0 saturated heterocycles. The number of nitrogens with two attached hydrogens (primary N) is 1. The molecule has 106 valence electrons. The van der Waals surface area contributed by atoms with E-state index in [-0.39, 0.29) is 29.7 Å². The van der Waals surface area contributed by atoms with Crippen LogP contribution < -0.4 is 16.0 Å². The summed E-state index contributed by atoms with van der Waals surface area (Å²) >= 11 is 0. The first-order chi connectivity index (χ1) is 8.81. The van der Waals surface area contributed by atoms with Crippen molar-refractivity contribution in [1.29, 1.82) is 0 Å². The molecule has 0 unspecified atom stereocenters. The van der Waals surface area contributed by atoms with E-state index in [9.17, 15) is 13.6 Å². The molecular weight excluding hydrogens is 252 g/mol. The summed E-state index contributed by atoms with van der Waals surface area (Å²) in [6, 6.07) is 4.29. The summed E-state index contributed by atoms with van der Waals surface area (Å²) in [6.07, 6.45) is -2.63. The Labute approximate surface area is 111 Å². The molecule has 0 aliphatic heterocycles. The summed E-state index contributed by atoms with van der Waals surface area (Å²) in [6.45, 7) is 3.69. The molecule has 0 aliphatic carbocycles. The molecule has 1 rings (SSSR count). The van der Waals surface area contributed by atoms with Gasteiger partial charge in [-0.25, -0.2) is 8.78 Å². The molecule has 0 aromatic heterocycles. The van der Waals surface area contributed by atoms with Crippen molar-refractivity contribution in [3.8, 4) is 0 Å². The third kappa shape index (κ3) is 4.39. The van der Waals surface area contributed by atoms with Gasteiger partial charge in [-0.05, 0) is 32.0 Å². The Morgan fingerprint density at radius 2 is 2.05 bits per heavy atom. The first-order valence-electron chi connectivity index (χ1n) is 5.99. The number of nitrogens with zero attached hydrogens (tertiary/aromatic N) is 1. The lowest BCUT2D eigenvalue weighted by atomic mass is 10.1. The molecule has 1 aromatic carbocycles. The summed E-state index contributed by atoms with van der Waals surface area (Å²) in [5.41, 5.74) is 5.92. The minimum atomic E-state index is -2.63. The Kier molecular flexibility index (Phi) is 5.09. The maximum absolute atomic E-state index is 12.9. The van der Waals surface area contributed by atoms with Gasteiger partial charge in [0.2, 0.25) is 5.91 Å². The Morgan fingerprint density at radius 1 is 1.42 bits per heavy atom. The molecule has 6 heteroatoms.